The van der Waals surface area contributed by atoms with Crippen LogP contribution in [0.1, 0.15) is 54.5 Å². The summed E-state index contributed by atoms with van der Waals surface area (Å²) in [4.78, 5) is 28.2. The summed E-state index contributed by atoms with van der Waals surface area (Å²) in [6.07, 6.45) is 11.4. The molecule has 0 aliphatic rings. The highest BCUT2D eigenvalue weighted by molar-refractivity contribution is 5.89. The minimum atomic E-state index is 0.334. The Labute approximate surface area is 238 Å². The maximum Gasteiger partial charge on any atom is 0.151 e. The van der Waals surface area contributed by atoms with Crippen LogP contribution in [0.2, 0.25) is 0 Å². The molecule has 0 aliphatic heterocycles. The predicted octanol–water partition coefficient (Wildman–Crippen LogP) is 4.93. The lowest BCUT2D eigenvalue weighted by atomic mass is 10.2. The summed E-state index contributed by atoms with van der Waals surface area (Å²) in [5, 5.41) is 8.85. The van der Waals surface area contributed by atoms with E-state index < -0.39 is 0 Å². The van der Waals surface area contributed by atoms with Gasteiger partial charge in [0.05, 0.1) is 18.3 Å². The summed E-state index contributed by atoms with van der Waals surface area (Å²) in [7, 11) is 6.10. The number of aldehydes is 1. The zero-order valence-corrected chi connectivity index (χ0v) is 24.8. The molecule has 40 heavy (non-hydrogen) atoms. The number of nitrogens with one attached hydrogen (secondary N) is 1. The van der Waals surface area contributed by atoms with Crippen LogP contribution in [0, 0.1) is 6.92 Å². The summed E-state index contributed by atoms with van der Waals surface area (Å²) in [6, 6.07) is 10.4. The minimum absolute atomic E-state index is 0.334. The van der Waals surface area contributed by atoms with Gasteiger partial charge in [-0.05, 0) is 63.6 Å². The molecule has 0 bridgehead atoms. The molecule has 1 N–H and O–H groups in total. The second kappa shape index (κ2) is 14.9. The van der Waals surface area contributed by atoms with E-state index in [4.69, 9.17) is 9.97 Å². The average Bonchev–Trinajstić information content (AvgIpc) is 3.36. The van der Waals surface area contributed by atoms with Crippen LogP contribution in [0.4, 0.5) is 5.82 Å². The smallest absolute Gasteiger partial charge is 0.151 e. The zero-order chi connectivity index (χ0) is 29.1. The van der Waals surface area contributed by atoms with Crippen molar-refractivity contribution in [2.45, 2.75) is 53.2 Å². The van der Waals surface area contributed by atoms with Gasteiger partial charge in [0.15, 0.2) is 12.1 Å². The molecular weight excluding hydrogens is 500 g/mol. The fourth-order valence-electron chi connectivity index (χ4n) is 4.23. The lowest BCUT2D eigenvalue weighted by Crippen LogP contribution is -2.27. The van der Waals surface area contributed by atoms with Crippen LogP contribution in [0.3, 0.4) is 0 Å². The maximum atomic E-state index is 10.2. The van der Waals surface area contributed by atoms with Gasteiger partial charge in [-0.15, -0.1) is 0 Å². The summed E-state index contributed by atoms with van der Waals surface area (Å²) in [5.41, 5.74) is 4.96. The first-order valence-electron chi connectivity index (χ1n) is 13.6. The Bertz CT molecular complexity index is 1410. The number of fused-ring (bicyclic) bond motifs is 1. The fourth-order valence-corrected chi connectivity index (χ4v) is 4.23. The molecule has 0 amide bonds. The van der Waals surface area contributed by atoms with Gasteiger partial charge in [-0.3, -0.25) is 14.5 Å². The molecule has 0 saturated heterocycles. The molecule has 3 heterocycles. The number of hydrogen-bond donors (Lipinski definition) is 1. The Hall–Kier alpha value is -4.11. The first-order valence-corrected chi connectivity index (χ1v) is 13.6. The first kappa shape index (κ1) is 30.4. The molecule has 1 atom stereocenters. The molecule has 3 aromatic heterocycles. The molecule has 0 aliphatic carbocycles. The highest BCUT2D eigenvalue weighted by Crippen LogP contribution is 2.25. The van der Waals surface area contributed by atoms with Crippen molar-refractivity contribution in [3.8, 4) is 0 Å². The number of anilines is 1. The monoisotopic (exact) mass is 542 g/mol. The van der Waals surface area contributed by atoms with Crippen molar-refractivity contribution in [2.75, 3.05) is 25.5 Å². The van der Waals surface area contributed by atoms with Gasteiger partial charge in [-0.25, -0.2) is 9.97 Å². The van der Waals surface area contributed by atoms with Crippen molar-refractivity contribution in [3.05, 3.63) is 89.4 Å². The third kappa shape index (κ3) is 8.71. The third-order valence-electron chi connectivity index (χ3n) is 6.56. The Kier molecular flexibility index (Phi) is 11.3. The molecule has 4 rings (SSSR count). The average molecular weight is 543 g/mol. The van der Waals surface area contributed by atoms with E-state index in [1.54, 1.807) is 12.4 Å². The van der Waals surface area contributed by atoms with E-state index in [9.17, 15) is 4.79 Å². The lowest BCUT2D eigenvalue weighted by Gasteiger charge is -2.23. The molecule has 0 radical (unpaired) electrons. The summed E-state index contributed by atoms with van der Waals surface area (Å²) < 4.78 is 1.83. The summed E-state index contributed by atoms with van der Waals surface area (Å²) >= 11 is 0. The van der Waals surface area contributed by atoms with E-state index in [2.05, 4.69) is 78.3 Å². The number of rotatable bonds is 11. The minimum Gasteiger partial charge on any atom is -0.371 e. The van der Waals surface area contributed by atoms with Gasteiger partial charge in [0, 0.05) is 74.5 Å². The summed E-state index contributed by atoms with van der Waals surface area (Å²) in [6.45, 7) is 10.8. The molecule has 9 nitrogen and oxygen atoms in total. The van der Waals surface area contributed by atoms with Gasteiger partial charge in [0.2, 0.25) is 0 Å². The molecule has 0 spiro atoms. The van der Waals surface area contributed by atoms with Crippen LogP contribution in [-0.4, -0.2) is 62.6 Å². The van der Waals surface area contributed by atoms with Crippen molar-refractivity contribution >= 4 is 23.0 Å². The Morgan fingerprint density at radius 2 is 1.90 bits per heavy atom. The normalized spacial score (nSPS) is 12.0. The second-order valence-corrected chi connectivity index (χ2v) is 10.1. The van der Waals surface area contributed by atoms with E-state index in [0.717, 1.165) is 59.5 Å². The highest BCUT2D eigenvalue weighted by atomic mass is 16.1. The molecule has 4 aromatic rings. The Balaban J connectivity index is 0.000000415. The molecule has 1 aromatic carbocycles. The van der Waals surface area contributed by atoms with Gasteiger partial charge in [-0.1, -0.05) is 19.1 Å². The number of nitrogens with zero attached hydrogens (tertiary/aromatic N) is 7. The van der Waals surface area contributed by atoms with Crippen LogP contribution >= 0.6 is 0 Å². The topological polar surface area (TPSA) is 92.1 Å². The van der Waals surface area contributed by atoms with Crippen molar-refractivity contribution in [1.29, 1.82) is 0 Å². The molecule has 0 saturated carbocycles. The predicted molar refractivity (Wildman–Crippen MR) is 162 cm³/mol. The second-order valence-electron chi connectivity index (χ2n) is 10.1. The maximum absolute atomic E-state index is 10.2. The van der Waals surface area contributed by atoms with E-state index in [1.165, 1.54) is 5.70 Å². The highest BCUT2D eigenvalue weighted by Gasteiger charge is 2.14. The summed E-state index contributed by atoms with van der Waals surface area (Å²) in [5.74, 6) is 1.76. The molecule has 0 fully saturated rings. The van der Waals surface area contributed by atoms with Crippen LogP contribution in [0.5, 0.6) is 0 Å². The van der Waals surface area contributed by atoms with E-state index in [-0.39, 0.29) is 0 Å². The van der Waals surface area contributed by atoms with Crippen LogP contribution in [0.15, 0.2) is 66.9 Å². The standard InChI is InChI=1S/C24H35N7.C7H7NO/c1-7-12-25-18(2)13-19(3)29(4)17-23-27-22-11-9-8-10-21(22)24(28-23)30(5)15-20-14-26-31(6)16-20;1-6-2-3-8-4-7(6)5-9/h8-11,13-14,16,18,25H,7,12,15,17H2,1-6H3;2-5H,1H3/b19-13+;. The zero-order valence-electron chi connectivity index (χ0n) is 24.8. The SMILES string of the molecule is CCCNC(C)/C=C(\C)N(C)Cc1nc(N(C)Cc2cnn(C)c2)c2ccccc2n1.Cc1ccncc1C=O. The molecule has 1 unspecified atom stereocenters. The van der Waals surface area contributed by atoms with Crippen LogP contribution in [-0.2, 0) is 20.1 Å². The first-order chi connectivity index (χ1) is 19.2. The van der Waals surface area contributed by atoms with Gasteiger partial charge in [0.1, 0.15) is 5.82 Å². The lowest BCUT2D eigenvalue weighted by molar-refractivity contribution is 0.112. The van der Waals surface area contributed by atoms with Gasteiger partial charge < -0.3 is 15.1 Å². The van der Waals surface area contributed by atoms with Crippen molar-refractivity contribution in [3.63, 3.8) is 0 Å². The van der Waals surface area contributed by atoms with Gasteiger partial charge in [0.25, 0.3) is 0 Å². The number of aromatic nitrogens is 5. The van der Waals surface area contributed by atoms with E-state index in [1.807, 2.05) is 49.2 Å². The van der Waals surface area contributed by atoms with E-state index >= 15 is 0 Å². The quantitative estimate of drug-likeness (QED) is 0.267. The number of hydrogen-bond acceptors (Lipinski definition) is 8. The number of carbonyl (C=O) groups excluding carboxylic acids is 1. The number of carbonyl (C=O) groups is 1. The number of allylic oxidation sites excluding steroid dienone is 1. The molecular formula is C31H42N8O. The van der Waals surface area contributed by atoms with Crippen LogP contribution in [0.25, 0.3) is 10.9 Å². The number of aryl methyl sites for hydroxylation is 2. The largest absolute Gasteiger partial charge is 0.371 e. The van der Waals surface area contributed by atoms with Crippen molar-refractivity contribution in [2.24, 2.45) is 7.05 Å². The van der Waals surface area contributed by atoms with E-state index in [0.29, 0.717) is 18.2 Å². The molecule has 9 heteroatoms. The molecule has 212 valence electrons. The van der Waals surface area contributed by atoms with Gasteiger partial charge >= 0.3 is 0 Å². The Morgan fingerprint density at radius 3 is 2.55 bits per heavy atom. The van der Waals surface area contributed by atoms with Crippen LogP contribution < -0.4 is 10.2 Å². The fraction of sp³-hybridized carbons (Fsp3) is 0.387. The number of pyridine rings is 1. The van der Waals surface area contributed by atoms with Crippen molar-refractivity contribution < 1.29 is 4.79 Å². The number of benzene rings is 1. The Morgan fingerprint density at radius 1 is 1.12 bits per heavy atom. The van der Waals surface area contributed by atoms with Crippen molar-refractivity contribution in [1.82, 2.24) is 34.9 Å². The third-order valence-corrected chi connectivity index (χ3v) is 6.56. The number of para-hydroxylation sites is 1. The van der Waals surface area contributed by atoms with Gasteiger partial charge in [-0.2, -0.15) is 5.10 Å².